The zero-order chi connectivity index (χ0) is 13.6. The molecule has 1 aromatic rings. The van der Waals surface area contributed by atoms with E-state index in [4.69, 9.17) is 0 Å². The van der Waals surface area contributed by atoms with E-state index in [0.717, 1.165) is 31.6 Å². The summed E-state index contributed by atoms with van der Waals surface area (Å²) in [7, 11) is -3.18. The van der Waals surface area contributed by atoms with E-state index >= 15 is 0 Å². The van der Waals surface area contributed by atoms with Crippen molar-refractivity contribution in [3.63, 3.8) is 0 Å². The molecule has 0 bridgehead atoms. The van der Waals surface area contributed by atoms with Crippen LogP contribution >= 0.6 is 0 Å². The summed E-state index contributed by atoms with van der Waals surface area (Å²) in [6.45, 7) is 2.60. The van der Waals surface area contributed by atoms with Crippen molar-refractivity contribution >= 4 is 10.0 Å². The summed E-state index contributed by atoms with van der Waals surface area (Å²) < 4.78 is 26.3. The summed E-state index contributed by atoms with van der Waals surface area (Å²) in [5.41, 5.74) is 0.813. The maximum absolute atomic E-state index is 11.8. The number of rotatable bonds is 7. The standard InChI is InChI=1S/C13H21N3O2S/c17-19(18,10-6-13-3-1-2-7-15-13)16-9-5-12-4-8-14-11-12/h1-3,7,12,14,16H,4-6,8-11H2. The van der Waals surface area contributed by atoms with Crippen LogP contribution in [0.3, 0.4) is 0 Å². The van der Waals surface area contributed by atoms with Crippen LogP contribution in [0.4, 0.5) is 0 Å². The minimum Gasteiger partial charge on any atom is -0.316 e. The van der Waals surface area contributed by atoms with Crippen molar-refractivity contribution < 1.29 is 8.42 Å². The van der Waals surface area contributed by atoms with Crippen molar-refractivity contribution in [2.24, 2.45) is 5.92 Å². The van der Waals surface area contributed by atoms with Gasteiger partial charge in [-0.3, -0.25) is 4.98 Å². The molecule has 1 unspecified atom stereocenters. The largest absolute Gasteiger partial charge is 0.316 e. The molecule has 5 nitrogen and oxygen atoms in total. The fourth-order valence-electron chi connectivity index (χ4n) is 2.24. The van der Waals surface area contributed by atoms with Gasteiger partial charge in [0.1, 0.15) is 0 Å². The smallest absolute Gasteiger partial charge is 0.211 e. The van der Waals surface area contributed by atoms with Crippen molar-refractivity contribution in [2.75, 3.05) is 25.4 Å². The Labute approximate surface area is 114 Å². The first-order valence-electron chi connectivity index (χ1n) is 6.74. The van der Waals surface area contributed by atoms with E-state index in [1.165, 1.54) is 0 Å². The van der Waals surface area contributed by atoms with Gasteiger partial charge in [0.15, 0.2) is 0 Å². The number of nitrogens with zero attached hydrogens (tertiary/aromatic N) is 1. The van der Waals surface area contributed by atoms with Crippen LogP contribution in [0.1, 0.15) is 18.5 Å². The van der Waals surface area contributed by atoms with Crippen molar-refractivity contribution in [3.05, 3.63) is 30.1 Å². The van der Waals surface area contributed by atoms with E-state index in [1.807, 2.05) is 18.2 Å². The molecular weight excluding hydrogens is 262 g/mol. The zero-order valence-corrected chi connectivity index (χ0v) is 11.8. The van der Waals surface area contributed by atoms with Crippen LogP contribution in [0.2, 0.25) is 0 Å². The van der Waals surface area contributed by atoms with Gasteiger partial charge in [0.25, 0.3) is 0 Å². The van der Waals surface area contributed by atoms with Gasteiger partial charge in [-0.2, -0.15) is 0 Å². The molecule has 1 aromatic heterocycles. The molecule has 1 aliphatic heterocycles. The van der Waals surface area contributed by atoms with Gasteiger partial charge in [0.05, 0.1) is 5.75 Å². The lowest BCUT2D eigenvalue weighted by molar-refractivity contribution is 0.519. The maximum Gasteiger partial charge on any atom is 0.211 e. The van der Waals surface area contributed by atoms with Gasteiger partial charge in [-0.25, -0.2) is 13.1 Å². The first kappa shape index (κ1) is 14.4. The molecule has 106 valence electrons. The van der Waals surface area contributed by atoms with Crippen LogP contribution in [-0.2, 0) is 16.4 Å². The third-order valence-electron chi connectivity index (χ3n) is 3.39. The first-order valence-corrected chi connectivity index (χ1v) is 8.39. The van der Waals surface area contributed by atoms with Crippen molar-refractivity contribution in [3.8, 4) is 0 Å². The fourth-order valence-corrected chi connectivity index (χ4v) is 3.29. The lowest BCUT2D eigenvalue weighted by Gasteiger charge is -2.09. The molecule has 0 aromatic carbocycles. The lowest BCUT2D eigenvalue weighted by atomic mass is 10.1. The Hall–Kier alpha value is -0.980. The summed E-state index contributed by atoms with van der Waals surface area (Å²) in [6, 6.07) is 5.54. The molecule has 2 heterocycles. The topological polar surface area (TPSA) is 71.1 Å². The van der Waals surface area contributed by atoms with Gasteiger partial charge < -0.3 is 5.32 Å². The van der Waals surface area contributed by atoms with Gasteiger partial charge in [0.2, 0.25) is 10.0 Å². The van der Waals surface area contributed by atoms with E-state index < -0.39 is 10.0 Å². The number of sulfonamides is 1. The minimum absolute atomic E-state index is 0.104. The Balaban J connectivity index is 1.69. The second kappa shape index (κ2) is 6.98. The Kier molecular flexibility index (Phi) is 5.30. The van der Waals surface area contributed by atoms with Gasteiger partial charge in [-0.1, -0.05) is 6.07 Å². The maximum atomic E-state index is 11.8. The van der Waals surface area contributed by atoms with Crippen LogP contribution < -0.4 is 10.0 Å². The van der Waals surface area contributed by atoms with Crippen LogP contribution in [-0.4, -0.2) is 38.8 Å². The number of nitrogens with one attached hydrogen (secondary N) is 2. The number of aromatic nitrogens is 1. The van der Waals surface area contributed by atoms with E-state index in [-0.39, 0.29) is 5.75 Å². The molecule has 2 rings (SSSR count). The molecule has 1 fully saturated rings. The molecule has 1 saturated heterocycles. The summed E-state index contributed by atoms with van der Waals surface area (Å²) in [5, 5.41) is 3.28. The lowest BCUT2D eigenvalue weighted by Crippen LogP contribution is -2.29. The molecular formula is C13H21N3O2S. The Morgan fingerprint density at radius 2 is 2.32 bits per heavy atom. The highest BCUT2D eigenvalue weighted by atomic mass is 32.2. The third kappa shape index (κ3) is 5.26. The van der Waals surface area contributed by atoms with Crippen molar-refractivity contribution in [1.29, 1.82) is 0 Å². The van der Waals surface area contributed by atoms with Gasteiger partial charge >= 0.3 is 0 Å². The molecule has 0 spiro atoms. The van der Waals surface area contributed by atoms with Crippen molar-refractivity contribution in [2.45, 2.75) is 19.3 Å². The fraction of sp³-hybridized carbons (Fsp3) is 0.615. The molecule has 0 aliphatic carbocycles. The average Bonchev–Trinajstić information content (AvgIpc) is 2.91. The SMILES string of the molecule is O=S(=O)(CCc1ccccn1)NCCC1CCNC1. The predicted octanol–water partition coefficient (Wildman–Crippen LogP) is 0.543. The van der Waals surface area contributed by atoms with Crippen LogP contribution in [0.25, 0.3) is 0 Å². The molecule has 6 heteroatoms. The number of hydrogen-bond acceptors (Lipinski definition) is 4. The molecule has 1 atom stereocenters. The summed E-state index contributed by atoms with van der Waals surface area (Å²) >= 11 is 0. The Morgan fingerprint density at radius 3 is 3.00 bits per heavy atom. The average molecular weight is 283 g/mol. The van der Waals surface area contributed by atoms with E-state index in [0.29, 0.717) is 18.9 Å². The quantitative estimate of drug-likeness (QED) is 0.766. The number of pyridine rings is 1. The highest BCUT2D eigenvalue weighted by Gasteiger charge is 2.16. The van der Waals surface area contributed by atoms with Crippen LogP contribution in [0.15, 0.2) is 24.4 Å². The van der Waals surface area contributed by atoms with E-state index in [1.54, 1.807) is 6.20 Å². The van der Waals surface area contributed by atoms with Crippen molar-refractivity contribution in [1.82, 2.24) is 15.0 Å². The van der Waals surface area contributed by atoms with Gasteiger partial charge in [-0.05, 0) is 44.0 Å². The van der Waals surface area contributed by atoms with Gasteiger partial charge in [0, 0.05) is 24.9 Å². The van der Waals surface area contributed by atoms with E-state index in [9.17, 15) is 8.42 Å². The van der Waals surface area contributed by atoms with E-state index in [2.05, 4.69) is 15.0 Å². The highest BCUT2D eigenvalue weighted by Crippen LogP contribution is 2.11. The number of hydrogen-bond donors (Lipinski definition) is 2. The molecule has 0 saturated carbocycles. The van der Waals surface area contributed by atoms with Crippen LogP contribution in [0, 0.1) is 5.92 Å². The summed E-state index contributed by atoms with van der Waals surface area (Å²) in [5.74, 6) is 0.714. The summed E-state index contributed by atoms with van der Waals surface area (Å²) in [6.07, 6.45) is 4.20. The highest BCUT2D eigenvalue weighted by molar-refractivity contribution is 7.89. The normalized spacial score (nSPS) is 19.7. The van der Waals surface area contributed by atoms with Gasteiger partial charge in [-0.15, -0.1) is 0 Å². The Bertz CT molecular complexity index is 470. The monoisotopic (exact) mass is 283 g/mol. The second-order valence-electron chi connectivity index (χ2n) is 4.93. The second-order valence-corrected chi connectivity index (χ2v) is 6.86. The molecule has 1 aliphatic rings. The number of aryl methyl sites for hydroxylation is 1. The molecule has 0 amide bonds. The zero-order valence-electron chi connectivity index (χ0n) is 11.0. The minimum atomic E-state index is -3.18. The Morgan fingerprint density at radius 1 is 1.42 bits per heavy atom. The third-order valence-corrected chi connectivity index (χ3v) is 4.78. The first-order chi connectivity index (χ1) is 9.16. The molecule has 0 radical (unpaired) electrons. The van der Waals surface area contributed by atoms with Crippen LogP contribution in [0.5, 0.6) is 0 Å². The molecule has 2 N–H and O–H groups in total. The molecule has 19 heavy (non-hydrogen) atoms. The summed E-state index contributed by atoms with van der Waals surface area (Å²) in [4.78, 5) is 4.12. The predicted molar refractivity (Wildman–Crippen MR) is 75.3 cm³/mol.